The molecule has 0 aromatic heterocycles. The van der Waals surface area contributed by atoms with Gasteiger partial charge in [0.05, 0.1) is 12.3 Å². The number of carbonyl (C=O) groups excluding carboxylic acids is 1. The average molecular weight is 205 g/mol. The van der Waals surface area contributed by atoms with Crippen molar-refractivity contribution in [1.82, 2.24) is 4.31 Å². The maximum Gasteiger partial charge on any atom is 0.211 e. The maximum absolute atomic E-state index is 11.4. The number of rotatable bonds is 3. The minimum absolute atomic E-state index is 0.0305. The van der Waals surface area contributed by atoms with Gasteiger partial charge in [0.1, 0.15) is 0 Å². The predicted octanol–water partition coefficient (Wildman–Crippen LogP) is 0.390. The summed E-state index contributed by atoms with van der Waals surface area (Å²) < 4.78 is 23.8. The van der Waals surface area contributed by atoms with Gasteiger partial charge in [0.15, 0.2) is 5.78 Å². The van der Waals surface area contributed by atoms with Crippen molar-refractivity contribution in [2.75, 3.05) is 12.8 Å². The Balaban J connectivity index is 2.82. The smallest absolute Gasteiger partial charge is 0.211 e. The molecule has 0 saturated carbocycles. The summed E-state index contributed by atoms with van der Waals surface area (Å²) in [5.41, 5.74) is 0. The van der Waals surface area contributed by atoms with Gasteiger partial charge < -0.3 is 0 Å². The van der Waals surface area contributed by atoms with Crippen LogP contribution in [0.3, 0.4) is 0 Å². The van der Waals surface area contributed by atoms with E-state index in [1.807, 2.05) is 0 Å². The first-order valence-electron chi connectivity index (χ1n) is 4.46. The van der Waals surface area contributed by atoms with Crippen LogP contribution in [0.1, 0.15) is 26.2 Å². The fraction of sp³-hybridized carbons (Fsp3) is 0.875. The van der Waals surface area contributed by atoms with Gasteiger partial charge in [-0.05, 0) is 12.8 Å². The van der Waals surface area contributed by atoms with Crippen molar-refractivity contribution in [3.05, 3.63) is 0 Å². The quantitative estimate of drug-likeness (QED) is 0.669. The van der Waals surface area contributed by atoms with E-state index in [1.165, 1.54) is 4.31 Å². The summed E-state index contributed by atoms with van der Waals surface area (Å²) in [5.74, 6) is 0.0305. The molecule has 0 aromatic rings. The zero-order chi connectivity index (χ0) is 10.1. The zero-order valence-electron chi connectivity index (χ0n) is 7.99. The van der Waals surface area contributed by atoms with Crippen molar-refractivity contribution in [1.29, 1.82) is 0 Å². The number of carbonyl (C=O) groups is 1. The van der Waals surface area contributed by atoms with Crippen molar-refractivity contribution >= 4 is 15.8 Å². The van der Waals surface area contributed by atoms with E-state index >= 15 is 0 Å². The highest BCUT2D eigenvalue weighted by Crippen LogP contribution is 2.21. The molecule has 0 unspecified atom stereocenters. The Kier molecular flexibility index (Phi) is 3.08. The lowest BCUT2D eigenvalue weighted by Gasteiger charge is -2.20. The van der Waals surface area contributed by atoms with Crippen LogP contribution in [0.25, 0.3) is 0 Å². The van der Waals surface area contributed by atoms with Crippen LogP contribution in [0.2, 0.25) is 0 Å². The molecule has 0 radical (unpaired) electrons. The molecule has 13 heavy (non-hydrogen) atoms. The normalized spacial score (nSPS) is 24.9. The summed E-state index contributed by atoms with van der Waals surface area (Å²) >= 11 is 0. The molecule has 0 N–H and O–H groups in total. The minimum Gasteiger partial charge on any atom is -0.298 e. The Bertz CT molecular complexity index is 297. The van der Waals surface area contributed by atoms with Crippen molar-refractivity contribution in [2.24, 2.45) is 0 Å². The van der Waals surface area contributed by atoms with Crippen LogP contribution in [0.5, 0.6) is 0 Å². The zero-order valence-corrected chi connectivity index (χ0v) is 8.80. The lowest BCUT2D eigenvalue weighted by Crippen LogP contribution is -2.39. The van der Waals surface area contributed by atoms with E-state index in [0.717, 1.165) is 12.7 Å². The Morgan fingerprint density at radius 3 is 2.62 bits per heavy atom. The van der Waals surface area contributed by atoms with E-state index in [2.05, 4.69) is 0 Å². The third-order valence-electron chi connectivity index (χ3n) is 2.35. The monoisotopic (exact) mass is 205 g/mol. The largest absolute Gasteiger partial charge is 0.298 e. The second kappa shape index (κ2) is 3.75. The molecule has 1 saturated heterocycles. The Hall–Kier alpha value is -0.420. The van der Waals surface area contributed by atoms with Crippen molar-refractivity contribution in [3.63, 3.8) is 0 Å². The maximum atomic E-state index is 11.4. The van der Waals surface area contributed by atoms with Gasteiger partial charge in [0.2, 0.25) is 10.0 Å². The number of Topliss-reactive ketones (excluding diaryl/α,β-unsaturated/α-hetero) is 1. The summed E-state index contributed by atoms with van der Waals surface area (Å²) in [7, 11) is -3.19. The molecule has 76 valence electrons. The van der Waals surface area contributed by atoms with E-state index < -0.39 is 10.0 Å². The molecular weight excluding hydrogens is 190 g/mol. The van der Waals surface area contributed by atoms with Gasteiger partial charge in [-0.3, -0.25) is 4.79 Å². The molecule has 0 aliphatic carbocycles. The highest BCUT2D eigenvalue weighted by Gasteiger charge is 2.34. The Morgan fingerprint density at radius 1 is 1.54 bits per heavy atom. The van der Waals surface area contributed by atoms with Crippen LogP contribution in [0.4, 0.5) is 0 Å². The molecule has 1 heterocycles. The van der Waals surface area contributed by atoms with Crippen molar-refractivity contribution < 1.29 is 13.2 Å². The number of sulfonamides is 1. The van der Waals surface area contributed by atoms with E-state index in [0.29, 0.717) is 19.4 Å². The van der Waals surface area contributed by atoms with Gasteiger partial charge in [-0.15, -0.1) is 0 Å². The molecule has 0 amide bonds. The second-order valence-corrected chi connectivity index (χ2v) is 5.29. The molecule has 1 atom stereocenters. The average Bonchev–Trinajstić information content (AvgIpc) is 2.49. The summed E-state index contributed by atoms with van der Waals surface area (Å²) in [6.07, 6.45) is 3.05. The molecule has 0 aromatic carbocycles. The molecule has 0 bridgehead atoms. The highest BCUT2D eigenvalue weighted by molar-refractivity contribution is 7.88. The fourth-order valence-electron chi connectivity index (χ4n) is 1.69. The van der Waals surface area contributed by atoms with Crippen LogP contribution in [0, 0.1) is 0 Å². The van der Waals surface area contributed by atoms with Gasteiger partial charge in [-0.1, -0.05) is 6.92 Å². The Morgan fingerprint density at radius 2 is 2.15 bits per heavy atom. The van der Waals surface area contributed by atoms with E-state index in [1.54, 1.807) is 6.92 Å². The van der Waals surface area contributed by atoms with Crippen LogP contribution in [-0.2, 0) is 14.8 Å². The first kappa shape index (κ1) is 10.7. The predicted molar refractivity (Wildman–Crippen MR) is 49.9 cm³/mol. The molecule has 0 spiro atoms. The Labute approximate surface area is 79.0 Å². The highest BCUT2D eigenvalue weighted by atomic mass is 32.2. The number of hydrogen-bond acceptors (Lipinski definition) is 3. The molecule has 1 rings (SSSR count). The summed E-state index contributed by atoms with van der Waals surface area (Å²) in [6.45, 7) is 2.26. The lowest BCUT2D eigenvalue weighted by molar-refractivity contribution is -0.121. The first-order chi connectivity index (χ1) is 5.96. The number of nitrogens with zero attached hydrogens (tertiary/aromatic N) is 1. The summed E-state index contributed by atoms with van der Waals surface area (Å²) in [4.78, 5) is 11.4. The van der Waals surface area contributed by atoms with Crippen LogP contribution in [-0.4, -0.2) is 37.3 Å². The van der Waals surface area contributed by atoms with Gasteiger partial charge >= 0.3 is 0 Å². The molecule has 1 aliphatic heterocycles. The third-order valence-corrected chi connectivity index (χ3v) is 3.64. The van der Waals surface area contributed by atoms with Crippen molar-refractivity contribution in [3.8, 4) is 0 Å². The third kappa shape index (κ3) is 2.28. The molecule has 5 heteroatoms. The summed E-state index contributed by atoms with van der Waals surface area (Å²) in [6, 6.07) is -0.389. The van der Waals surface area contributed by atoms with Crippen LogP contribution < -0.4 is 0 Å². The molecule has 4 nitrogen and oxygen atoms in total. The van der Waals surface area contributed by atoms with Gasteiger partial charge in [-0.25, -0.2) is 8.42 Å². The van der Waals surface area contributed by atoms with Gasteiger partial charge in [-0.2, -0.15) is 4.31 Å². The van der Waals surface area contributed by atoms with Crippen LogP contribution >= 0.6 is 0 Å². The van der Waals surface area contributed by atoms with Gasteiger partial charge in [0.25, 0.3) is 0 Å². The molecule has 1 fully saturated rings. The molecular formula is C8H15NO3S. The van der Waals surface area contributed by atoms with E-state index in [-0.39, 0.29) is 11.8 Å². The minimum atomic E-state index is -3.19. The topological polar surface area (TPSA) is 54.5 Å². The standard InChI is InChI=1S/C8H15NO3S/c1-3-8(10)7-5-4-6-9(7)13(2,11)12/h7H,3-6H2,1-2H3/t7-/m0/s1. The van der Waals surface area contributed by atoms with Crippen LogP contribution in [0.15, 0.2) is 0 Å². The van der Waals surface area contributed by atoms with Crippen molar-refractivity contribution in [2.45, 2.75) is 32.2 Å². The first-order valence-corrected chi connectivity index (χ1v) is 6.31. The number of ketones is 1. The lowest BCUT2D eigenvalue weighted by atomic mass is 10.1. The fourth-order valence-corrected chi connectivity index (χ4v) is 2.84. The van der Waals surface area contributed by atoms with Gasteiger partial charge in [0, 0.05) is 13.0 Å². The summed E-state index contributed by atoms with van der Waals surface area (Å²) in [5, 5.41) is 0. The van der Waals surface area contributed by atoms with E-state index in [9.17, 15) is 13.2 Å². The van der Waals surface area contributed by atoms with E-state index in [4.69, 9.17) is 0 Å². The SMILES string of the molecule is CCC(=O)[C@@H]1CCCN1S(C)(=O)=O. The second-order valence-electron chi connectivity index (χ2n) is 3.35. The molecule has 1 aliphatic rings. The number of hydrogen-bond donors (Lipinski definition) is 0.